The topological polar surface area (TPSA) is 71.2 Å². The third-order valence-corrected chi connectivity index (χ3v) is 4.48. The molecule has 0 spiro atoms. The molecule has 2 heterocycles. The molecule has 2 rings (SSSR count). The number of hydrogen-bond donors (Lipinski definition) is 2. The van der Waals surface area contributed by atoms with E-state index in [9.17, 15) is 4.79 Å². The summed E-state index contributed by atoms with van der Waals surface area (Å²) in [6.07, 6.45) is 2.48. The molecular weight excluding hydrogens is 260 g/mol. The van der Waals surface area contributed by atoms with Crippen LogP contribution in [0.25, 0.3) is 0 Å². The molecule has 2 atom stereocenters. The summed E-state index contributed by atoms with van der Waals surface area (Å²) in [5, 5.41) is 5.41. The van der Waals surface area contributed by atoms with Crippen molar-refractivity contribution in [3.8, 4) is 0 Å². The Morgan fingerprint density at radius 1 is 1.68 bits per heavy atom. The van der Waals surface area contributed by atoms with Crippen LogP contribution in [-0.2, 0) is 11.3 Å². The number of nitrogens with one attached hydrogen (secondary N) is 1. The van der Waals surface area contributed by atoms with Gasteiger partial charge in [-0.3, -0.25) is 9.69 Å². The maximum atomic E-state index is 11.0. The third-order valence-electron chi connectivity index (χ3n) is 3.67. The predicted molar refractivity (Wildman–Crippen MR) is 78.1 cm³/mol. The second-order valence-corrected chi connectivity index (χ2v) is 6.08. The number of thiazole rings is 1. The zero-order valence-corrected chi connectivity index (χ0v) is 12.4. The molecule has 2 unspecified atom stereocenters. The molecule has 19 heavy (non-hydrogen) atoms. The van der Waals surface area contributed by atoms with Crippen LogP contribution in [0, 0.1) is 5.92 Å². The fraction of sp³-hybridized carbons (Fsp3) is 0.692. The molecule has 1 aliphatic heterocycles. The van der Waals surface area contributed by atoms with Crippen LogP contribution in [0.2, 0.25) is 0 Å². The minimum absolute atomic E-state index is 0.0765. The van der Waals surface area contributed by atoms with Gasteiger partial charge in [0.1, 0.15) is 0 Å². The smallest absolute Gasteiger partial charge is 0.223 e. The summed E-state index contributed by atoms with van der Waals surface area (Å²) in [7, 11) is 0. The van der Waals surface area contributed by atoms with Gasteiger partial charge in [-0.05, 0) is 25.3 Å². The van der Waals surface area contributed by atoms with Crippen molar-refractivity contribution in [2.75, 3.05) is 18.4 Å². The zero-order chi connectivity index (χ0) is 13.8. The van der Waals surface area contributed by atoms with Crippen molar-refractivity contribution in [3.05, 3.63) is 11.1 Å². The van der Waals surface area contributed by atoms with Crippen LogP contribution in [0.5, 0.6) is 0 Å². The molecule has 0 aliphatic carbocycles. The monoisotopic (exact) mass is 282 g/mol. The predicted octanol–water partition coefficient (Wildman–Crippen LogP) is 1.66. The Morgan fingerprint density at radius 2 is 2.47 bits per heavy atom. The van der Waals surface area contributed by atoms with Crippen molar-refractivity contribution in [1.29, 1.82) is 0 Å². The Kier molecular flexibility index (Phi) is 4.90. The normalized spacial score (nSPS) is 24.4. The maximum absolute atomic E-state index is 11.0. The van der Waals surface area contributed by atoms with Crippen molar-refractivity contribution >= 4 is 22.4 Å². The van der Waals surface area contributed by atoms with Gasteiger partial charge in [0.2, 0.25) is 5.91 Å². The van der Waals surface area contributed by atoms with Gasteiger partial charge in [0.15, 0.2) is 5.13 Å². The highest BCUT2D eigenvalue weighted by Crippen LogP contribution is 2.25. The van der Waals surface area contributed by atoms with E-state index in [0.717, 1.165) is 18.8 Å². The average molecular weight is 282 g/mol. The number of nitrogens with zero attached hydrogens (tertiary/aromatic N) is 2. The number of carbonyl (C=O) groups is 1. The summed E-state index contributed by atoms with van der Waals surface area (Å²) in [5.74, 6) is 0.569. The first-order valence-corrected chi connectivity index (χ1v) is 7.64. The molecule has 6 heteroatoms. The summed E-state index contributed by atoms with van der Waals surface area (Å²) in [6, 6.07) is 0.444. The summed E-state index contributed by atoms with van der Waals surface area (Å²) >= 11 is 1.48. The lowest BCUT2D eigenvalue weighted by atomic mass is 9.91. The Hall–Kier alpha value is -0.980. The molecule has 5 nitrogen and oxygen atoms in total. The molecule has 1 fully saturated rings. The van der Waals surface area contributed by atoms with Gasteiger partial charge in [0, 0.05) is 31.4 Å². The lowest BCUT2D eigenvalue weighted by molar-refractivity contribution is -0.114. The fourth-order valence-corrected chi connectivity index (χ4v) is 3.46. The number of piperidine rings is 1. The molecule has 0 radical (unpaired) electrons. The molecule has 1 amide bonds. The SMILES string of the molecule is CC(=O)Nc1nc(CN2CCCC(C)C2CN)cs1. The lowest BCUT2D eigenvalue weighted by Crippen LogP contribution is -2.48. The molecule has 1 aromatic heterocycles. The summed E-state index contributed by atoms with van der Waals surface area (Å²) in [4.78, 5) is 17.8. The van der Waals surface area contributed by atoms with Crippen LogP contribution in [0.1, 0.15) is 32.4 Å². The Labute approximate surface area is 118 Å². The highest BCUT2D eigenvalue weighted by atomic mass is 32.1. The molecule has 1 aliphatic rings. The summed E-state index contributed by atoms with van der Waals surface area (Å²) in [6.45, 7) is 6.37. The minimum Gasteiger partial charge on any atom is -0.329 e. The van der Waals surface area contributed by atoms with Crippen LogP contribution in [-0.4, -0.2) is 34.9 Å². The molecular formula is C13H22N4OS. The average Bonchev–Trinajstić information content (AvgIpc) is 2.76. The highest BCUT2D eigenvalue weighted by molar-refractivity contribution is 7.13. The standard InChI is InChI=1S/C13H22N4OS/c1-9-4-3-5-17(12(9)6-14)7-11-8-19-13(16-11)15-10(2)18/h8-9,12H,3-7,14H2,1-2H3,(H,15,16,18). The molecule has 0 bridgehead atoms. The van der Waals surface area contributed by atoms with Crippen LogP contribution >= 0.6 is 11.3 Å². The van der Waals surface area contributed by atoms with Crippen molar-refractivity contribution in [3.63, 3.8) is 0 Å². The fourth-order valence-electron chi connectivity index (χ4n) is 2.71. The number of hydrogen-bond acceptors (Lipinski definition) is 5. The first kappa shape index (κ1) is 14.4. The van der Waals surface area contributed by atoms with E-state index < -0.39 is 0 Å². The Bertz CT molecular complexity index is 434. The van der Waals surface area contributed by atoms with Gasteiger partial charge in [0.05, 0.1) is 5.69 Å². The van der Waals surface area contributed by atoms with E-state index in [1.807, 2.05) is 5.38 Å². The number of aromatic nitrogens is 1. The van der Waals surface area contributed by atoms with Gasteiger partial charge in [0.25, 0.3) is 0 Å². The molecule has 0 saturated carbocycles. The molecule has 1 aromatic rings. The largest absolute Gasteiger partial charge is 0.329 e. The molecule has 1 saturated heterocycles. The molecule has 0 aromatic carbocycles. The van der Waals surface area contributed by atoms with Gasteiger partial charge < -0.3 is 11.1 Å². The number of amides is 1. The van der Waals surface area contributed by atoms with Crippen molar-refractivity contribution < 1.29 is 4.79 Å². The number of rotatable bonds is 4. The van der Waals surface area contributed by atoms with Gasteiger partial charge in [-0.2, -0.15) is 0 Å². The van der Waals surface area contributed by atoms with Crippen LogP contribution < -0.4 is 11.1 Å². The number of anilines is 1. The second-order valence-electron chi connectivity index (χ2n) is 5.22. The highest BCUT2D eigenvalue weighted by Gasteiger charge is 2.27. The first-order valence-electron chi connectivity index (χ1n) is 6.76. The van der Waals surface area contributed by atoms with Crippen LogP contribution in [0.3, 0.4) is 0 Å². The number of carbonyl (C=O) groups excluding carboxylic acids is 1. The minimum atomic E-state index is -0.0765. The number of likely N-dealkylation sites (tertiary alicyclic amines) is 1. The van der Waals surface area contributed by atoms with E-state index in [1.54, 1.807) is 0 Å². The van der Waals surface area contributed by atoms with Gasteiger partial charge >= 0.3 is 0 Å². The maximum Gasteiger partial charge on any atom is 0.223 e. The van der Waals surface area contributed by atoms with Gasteiger partial charge in [-0.15, -0.1) is 11.3 Å². The van der Waals surface area contributed by atoms with Crippen molar-refractivity contribution in [1.82, 2.24) is 9.88 Å². The van der Waals surface area contributed by atoms with Crippen molar-refractivity contribution in [2.24, 2.45) is 11.7 Å². The summed E-state index contributed by atoms with van der Waals surface area (Å²) in [5.41, 5.74) is 6.91. The first-order chi connectivity index (χ1) is 9.10. The van der Waals surface area contributed by atoms with Gasteiger partial charge in [-0.25, -0.2) is 4.98 Å². The lowest BCUT2D eigenvalue weighted by Gasteiger charge is -2.39. The zero-order valence-electron chi connectivity index (χ0n) is 11.6. The second kappa shape index (κ2) is 6.45. The van der Waals surface area contributed by atoms with Crippen molar-refractivity contribution in [2.45, 2.75) is 39.3 Å². The Morgan fingerprint density at radius 3 is 3.16 bits per heavy atom. The van der Waals surface area contributed by atoms with Crippen LogP contribution in [0.4, 0.5) is 5.13 Å². The van der Waals surface area contributed by atoms with E-state index in [1.165, 1.54) is 31.1 Å². The van der Waals surface area contributed by atoms with Gasteiger partial charge in [-0.1, -0.05) is 6.92 Å². The quantitative estimate of drug-likeness (QED) is 0.881. The van der Waals surface area contributed by atoms with E-state index in [-0.39, 0.29) is 5.91 Å². The van der Waals surface area contributed by atoms with E-state index in [4.69, 9.17) is 5.73 Å². The van der Waals surface area contributed by atoms with E-state index in [0.29, 0.717) is 23.6 Å². The Balaban J connectivity index is 1.99. The number of nitrogens with two attached hydrogens (primary N) is 1. The molecule has 106 valence electrons. The third kappa shape index (κ3) is 3.75. The summed E-state index contributed by atoms with van der Waals surface area (Å²) < 4.78 is 0. The molecule has 3 N–H and O–H groups in total. The van der Waals surface area contributed by atoms with E-state index in [2.05, 4.69) is 22.1 Å². The van der Waals surface area contributed by atoms with Crippen LogP contribution in [0.15, 0.2) is 5.38 Å². The van der Waals surface area contributed by atoms with E-state index >= 15 is 0 Å².